The lowest BCUT2D eigenvalue weighted by molar-refractivity contribution is -0.143. The van der Waals surface area contributed by atoms with Gasteiger partial charge in [0.1, 0.15) is 0 Å². The second kappa shape index (κ2) is 7.72. The maximum atomic E-state index is 11.3. The van der Waals surface area contributed by atoms with Crippen molar-refractivity contribution >= 4 is 11.9 Å². The van der Waals surface area contributed by atoms with Gasteiger partial charge in [0.05, 0.1) is 19.0 Å². The molecule has 1 unspecified atom stereocenters. The molecule has 1 fully saturated rings. The van der Waals surface area contributed by atoms with E-state index in [1.54, 1.807) is 0 Å². The van der Waals surface area contributed by atoms with Gasteiger partial charge in [-0.1, -0.05) is 18.8 Å². The number of nitrogens with zero attached hydrogens (tertiary/aromatic N) is 1. The molecule has 0 radical (unpaired) electrons. The highest BCUT2D eigenvalue weighted by atomic mass is 16.4. The molecular formula is C13H20N2O3. The quantitative estimate of drug-likeness (QED) is 0.691. The van der Waals surface area contributed by atoms with Gasteiger partial charge in [-0.3, -0.25) is 14.5 Å². The van der Waals surface area contributed by atoms with Gasteiger partial charge in [-0.2, -0.15) is 0 Å². The summed E-state index contributed by atoms with van der Waals surface area (Å²) in [6.07, 6.45) is 2.49. The van der Waals surface area contributed by atoms with E-state index in [9.17, 15) is 9.59 Å². The molecule has 1 saturated heterocycles. The Bertz CT molecular complexity index is 351. The SMILES string of the molecule is CC(CC(=O)NCC#CCN1CCCC1)C(=O)O. The summed E-state index contributed by atoms with van der Waals surface area (Å²) < 4.78 is 0. The van der Waals surface area contributed by atoms with Crippen LogP contribution in [0.4, 0.5) is 0 Å². The predicted molar refractivity (Wildman–Crippen MR) is 67.9 cm³/mol. The zero-order valence-corrected chi connectivity index (χ0v) is 10.7. The first-order valence-corrected chi connectivity index (χ1v) is 6.27. The third-order valence-electron chi connectivity index (χ3n) is 2.91. The van der Waals surface area contributed by atoms with E-state index >= 15 is 0 Å². The number of rotatable bonds is 5. The number of carbonyl (C=O) groups excluding carboxylic acids is 1. The van der Waals surface area contributed by atoms with Crippen LogP contribution in [-0.2, 0) is 9.59 Å². The summed E-state index contributed by atoms with van der Waals surface area (Å²) in [4.78, 5) is 24.1. The van der Waals surface area contributed by atoms with Gasteiger partial charge >= 0.3 is 5.97 Å². The van der Waals surface area contributed by atoms with E-state index in [0.29, 0.717) is 6.54 Å². The molecule has 0 aromatic rings. The van der Waals surface area contributed by atoms with Crippen LogP contribution in [0.25, 0.3) is 0 Å². The van der Waals surface area contributed by atoms with Crippen LogP contribution in [-0.4, -0.2) is 48.1 Å². The van der Waals surface area contributed by atoms with Gasteiger partial charge in [-0.15, -0.1) is 0 Å². The number of aliphatic carboxylic acids is 1. The Morgan fingerprint density at radius 2 is 2.00 bits per heavy atom. The number of nitrogens with one attached hydrogen (secondary N) is 1. The van der Waals surface area contributed by atoms with Crippen LogP contribution in [0.5, 0.6) is 0 Å². The fraction of sp³-hybridized carbons (Fsp3) is 0.692. The van der Waals surface area contributed by atoms with Crippen molar-refractivity contribution in [1.82, 2.24) is 10.2 Å². The molecule has 100 valence electrons. The largest absolute Gasteiger partial charge is 0.481 e. The van der Waals surface area contributed by atoms with Gasteiger partial charge in [0.15, 0.2) is 0 Å². The zero-order chi connectivity index (χ0) is 13.4. The number of carbonyl (C=O) groups is 2. The molecule has 1 atom stereocenters. The van der Waals surface area contributed by atoms with Crippen LogP contribution in [0.3, 0.4) is 0 Å². The molecule has 0 spiro atoms. The van der Waals surface area contributed by atoms with E-state index in [1.807, 2.05) is 0 Å². The van der Waals surface area contributed by atoms with Crippen LogP contribution in [0, 0.1) is 17.8 Å². The monoisotopic (exact) mass is 252 g/mol. The average Bonchev–Trinajstić information content (AvgIpc) is 2.81. The number of hydrogen-bond donors (Lipinski definition) is 2. The Morgan fingerprint density at radius 3 is 2.61 bits per heavy atom. The molecule has 0 aromatic carbocycles. The van der Waals surface area contributed by atoms with E-state index in [4.69, 9.17) is 5.11 Å². The third kappa shape index (κ3) is 5.69. The molecule has 1 heterocycles. The van der Waals surface area contributed by atoms with E-state index in [-0.39, 0.29) is 12.3 Å². The molecule has 2 N–H and O–H groups in total. The summed E-state index contributed by atoms with van der Waals surface area (Å²) in [7, 11) is 0. The number of amides is 1. The van der Waals surface area contributed by atoms with Crippen molar-refractivity contribution in [3.63, 3.8) is 0 Å². The lowest BCUT2D eigenvalue weighted by atomic mass is 10.1. The second-order valence-corrected chi connectivity index (χ2v) is 4.56. The Hall–Kier alpha value is -1.54. The molecule has 18 heavy (non-hydrogen) atoms. The Balaban J connectivity index is 2.11. The summed E-state index contributed by atoms with van der Waals surface area (Å²) in [6.45, 7) is 4.77. The van der Waals surface area contributed by atoms with E-state index in [1.165, 1.54) is 19.8 Å². The van der Waals surface area contributed by atoms with E-state index in [2.05, 4.69) is 22.1 Å². The standard InChI is InChI=1S/C13H20N2O3/c1-11(13(17)18)10-12(16)14-6-2-3-7-15-8-4-5-9-15/h11H,4-10H2,1H3,(H,14,16)(H,17,18). The summed E-state index contributed by atoms with van der Waals surface area (Å²) >= 11 is 0. The van der Waals surface area contributed by atoms with Crippen molar-refractivity contribution in [2.45, 2.75) is 26.2 Å². The van der Waals surface area contributed by atoms with Gasteiger partial charge < -0.3 is 10.4 Å². The van der Waals surface area contributed by atoms with Crippen LogP contribution < -0.4 is 5.32 Å². The Kier molecular flexibility index (Phi) is 6.23. The first kappa shape index (κ1) is 14.5. The van der Waals surface area contributed by atoms with Gasteiger partial charge in [0, 0.05) is 6.42 Å². The maximum absolute atomic E-state index is 11.3. The lowest BCUT2D eigenvalue weighted by Crippen LogP contribution is -2.27. The van der Waals surface area contributed by atoms with Crippen LogP contribution in [0.1, 0.15) is 26.2 Å². The number of hydrogen-bond acceptors (Lipinski definition) is 3. The molecule has 0 saturated carbocycles. The first-order chi connectivity index (χ1) is 8.59. The van der Waals surface area contributed by atoms with Crippen molar-refractivity contribution in [3.05, 3.63) is 0 Å². The highest BCUT2D eigenvalue weighted by molar-refractivity contribution is 5.82. The Morgan fingerprint density at radius 1 is 1.33 bits per heavy atom. The summed E-state index contributed by atoms with van der Waals surface area (Å²) in [6, 6.07) is 0. The second-order valence-electron chi connectivity index (χ2n) is 4.56. The molecule has 5 heteroatoms. The normalized spacial score (nSPS) is 16.7. The van der Waals surface area contributed by atoms with Gasteiger partial charge in [-0.05, 0) is 25.9 Å². The minimum atomic E-state index is -0.953. The lowest BCUT2D eigenvalue weighted by Gasteiger charge is -2.08. The minimum Gasteiger partial charge on any atom is -0.481 e. The number of likely N-dealkylation sites (tertiary alicyclic amines) is 1. The molecule has 1 amide bonds. The summed E-state index contributed by atoms with van der Waals surface area (Å²) in [5.41, 5.74) is 0. The molecule has 0 aliphatic carbocycles. The number of carboxylic acids is 1. The third-order valence-corrected chi connectivity index (χ3v) is 2.91. The molecule has 0 aromatic heterocycles. The predicted octanol–water partition coefficient (Wildman–Crippen LogP) is 0.313. The van der Waals surface area contributed by atoms with E-state index in [0.717, 1.165) is 19.6 Å². The minimum absolute atomic E-state index is 0.00311. The highest BCUT2D eigenvalue weighted by Gasteiger charge is 2.14. The molecular weight excluding hydrogens is 232 g/mol. The van der Waals surface area contributed by atoms with Crippen molar-refractivity contribution in [3.8, 4) is 11.8 Å². The molecule has 1 rings (SSSR count). The fourth-order valence-corrected chi connectivity index (χ4v) is 1.75. The average molecular weight is 252 g/mol. The van der Waals surface area contributed by atoms with Crippen LogP contribution in [0.2, 0.25) is 0 Å². The summed E-state index contributed by atoms with van der Waals surface area (Å²) in [5.74, 6) is 4.01. The highest BCUT2D eigenvalue weighted by Crippen LogP contribution is 2.05. The zero-order valence-electron chi connectivity index (χ0n) is 10.7. The van der Waals surface area contributed by atoms with E-state index < -0.39 is 11.9 Å². The van der Waals surface area contributed by atoms with Gasteiger partial charge in [-0.25, -0.2) is 0 Å². The smallest absolute Gasteiger partial charge is 0.306 e. The van der Waals surface area contributed by atoms with Crippen LogP contribution in [0.15, 0.2) is 0 Å². The molecule has 1 aliphatic rings. The fourth-order valence-electron chi connectivity index (χ4n) is 1.75. The number of carboxylic acid groups (broad SMARTS) is 1. The topological polar surface area (TPSA) is 69.6 Å². The van der Waals surface area contributed by atoms with Crippen molar-refractivity contribution in [2.24, 2.45) is 5.92 Å². The Labute approximate surface area is 108 Å². The van der Waals surface area contributed by atoms with Crippen molar-refractivity contribution in [2.75, 3.05) is 26.2 Å². The summed E-state index contributed by atoms with van der Waals surface area (Å²) in [5, 5.41) is 11.2. The maximum Gasteiger partial charge on any atom is 0.306 e. The molecule has 1 aliphatic heterocycles. The van der Waals surface area contributed by atoms with Crippen molar-refractivity contribution < 1.29 is 14.7 Å². The molecule has 0 bridgehead atoms. The van der Waals surface area contributed by atoms with Crippen molar-refractivity contribution in [1.29, 1.82) is 0 Å². The van der Waals surface area contributed by atoms with Crippen LogP contribution >= 0.6 is 0 Å². The van der Waals surface area contributed by atoms with Gasteiger partial charge in [0.2, 0.25) is 5.91 Å². The first-order valence-electron chi connectivity index (χ1n) is 6.27. The van der Waals surface area contributed by atoms with Gasteiger partial charge in [0.25, 0.3) is 0 Å². The molecule has 5 nitrogen and oxygen atoms in total.